The van der Waals surface area contributed by atoms with Crippen LogP contribution in [-0.4, -0.2) is 31.1 Å². The molecule has 2 nitrogen and oxygen atoms in total. The molecule has 0 spiro atoms. The highest BCUT2D eigenvalue weighted by Crippen LogP contribution is 2.36. The molecule has 0 radical (unpaired) electrons. The summed E-state index contributed by atoms with van der Waals surface area (Å²) in [5.41, 5.74) is 2.69. The van der Waals surface area contributed by atoms with Gasteiger partial charge in [0.2, 0.25) is 0 Å². The summed E-state index contributed by atoms with van der Waals surface area (Å²) in [6, 6.07) is 3.71. The average molecular weight is 294 g/mol. The first-order chi connectivity index (χ1) is 9.77. The number of hydrogen-bond acceptors (Lipinski definition) is 2. The predicted octanol–water partition coefficient (Wildman–Crippen LogP) is 4.21. The van der Waals surface area contributed by atoms with Crippen LogP contribution in [0.25, 0.3) is 0 Å². The van der Waals surface area contributed by atoms with Gasteiger partial charge in [-0.2, -0.15) is 0 Å². The molecule has 0 heterocycles. The Bertz CT molecular complexity index is 447. The fourth-order valence-electron chi connectivity index (χ4n) is 2.99. The van der Waals surface area contributed by atoms with E-state index in [4.69, 9.17) is 0 Å². The number of likely N-dealkylation sites (N-methyl/N-ethyl adjacent to an activating group) is 1. The van der Waals surface area contributed by atoms with Gasteiger partial charge in [0, 0.05) is 11.1 Å². The molecule has 0 aliphatic rings. The Kier molecular flexibility index (Phi) is 6.36. The second-order valence-corrected chi connectivity index (χ2v) is 6.47. The van der Waals surface area contributed by atoms with Crippen molar-refractivity contribution in [1.29, 1.82) is 0 Å². The van der Waals surface area contributed by atoms with Crippen molar-refractivity contribution in [3.05, 3.63) is 34.6 Å². The zero-order chi connectivity index (χ0) is 16.2. The highest BCUT2D eigenvalue weighted by molar-refractivity contribution is 5.36. The zero-order valence-corrected chi connectivity index (χ0v) is 14.7. The monoisotopic (exact) mass is 294 g/mol. The molecular weight excluding hydrogens is 263 g/mol. The van der Waals surface area contributed by atoms with E-state index in [2.05, 4.69) is 51.1 Å². The molecule has 0 amide bonds. The van der Waals surface area contributed by atoms with Gasteiger partial charge in [0.25, 0.3) is 0 Å². The van der Waals surface area contributed by atoms with Gasteiger partial charge in [-0.25, -0.2) is 4.39 Å². The predicted molar refractivity (Wildman–Crippen MR) is 89.3 cm³/mol. The molecule has 1 aromatic carbocycles. The van der Waals surface area contributed by atoms with Crippen LogP contribution in [0.5, 0.6) is 0 Å². The van der Waals surface area contributed by atoms with E-state index in [9.17, 15) is 4.39 Å². The maximum absolute atomic E-state index is 14.7. The van der Waals surface area contributed by atoms with Crippen LogP contribution in [0.1, 0.15) is 56.3 Å². The Morgan fingerprint density at radius 2 is 1.86 bits per heavy atom. The summed E-state index contributed by atoms with van der Waals surface area (Å²) >= 11 is 0. The zero-order valence-electron chi connectivity index (χ0n) is 14.7. The Morgan fingerprint density at radius 3 is 2.29 bits per heavy atom. The maximum Gasteiger partial charge on any atom is 0.128 e. The summed E-state index contributed by atoms with van der Waals surface area (Å²) in [6.45, 7) is 11.4. The lowest BCUT2D eigenvalue weighted by Crippen LogP contribution is -2.51. The minimum absolute atomic E-state index is 0.0157. The molecule has 3 heteroatoms. The van der Waals surface area contributed by atoms with Gasteiger partial charge in [0.15, 0.2) is 0 Å². The first kappa shape index (κ1) is 18.1. The van der Waals surface area contributed by atoms with E-state index in [-0.39, 0.29) is 17.4 Å². The van der Waals surface area contributed by atoms with Gasteiger partial charge in [-0.3, -0.25) is 0 Å². The number of nitrogens with one attached hydrogen (secondary N) is 1. The van der Waals surface area contributed by atoms with E-state index in [1.807, 2.05) is 13.8 Å². The van der Waals surface area contributed by atoms with Gasteiger partial charge in [0.1, 0.15) is 5.82 Å². The Labute approximate surface area is 129 Å². The quantitative estimate of drug-likeness (QED) is 0.810. The smallest absolute Gasteiger partial charge is 0.128 e. The first-order valence-corrected chi connectivity index (χ1v) is 7.95. The molecule has 0 saturated carbocycles. The van der Waals surface area contributed by atoms with Crippen molar-refractivity contribution in [2.75, 3.05) is 20.6 Å². The molecule has 0 aliphatic carbocycles. The Morgan fingerprint density at radius 1 is 1.24 bits per heavy atom. The van der Waals surface area contributed by atoms with Crippen LogP contribution in [0.3, 0.4) is 0 Å². The summed E-state index contributed by atoms with van der Waals surface area (Å²) in [4.78, 5) is 2.21. The molecule has 0 saturated heterocycles. The highest BCUT2D eigenvalue weighted by Gasteiger charge is 2.37. The normalized spacial score (nSPS) is 16.0. The van der Waals surface area contributed by atoms with Gasteiger partial charge in [-0.05, 0) is 71.4 Å². The van der Waals surface area contributed by atoms with Gasteiger partial charge in [-0.1, -0.05) is 19.9 Å². The van der Waals surface area contributed by atoms with Crippen LogP contribution in [0.2, 0.25) is 0 Å². The van der Waals surface area contributed by atoms with E-state index < -0.39 is 0 Å². The minimum Gasteiger partial charge on any atom is -0.308 e. The molecule has 1 N–H and O–H groups in total. The molecule has 0 aromatic heterocycles. The summed E-state index contributed by atoms with van der Waals surface area (Å²) in [5.74, 6) is -0.0948. The maximum atomic E-state index is 14.7. The van der Waals surface area contributed by atoms with Gasteiger partial charge in [0.05, 0.1) is 6.04 Å². The number of aryl methyl sites for hydroxylation is 2. The SMILES string of the molecule is CCCNC(c1c(C)cc(C)cc1F)C(C)(CC)N(C)C. The lowest BCUT2D eigenvalue weighted by Gasteiger charge is -2.44. The summed E-state index contributed by atoms with van der Waals surface area (Å²) in [7, 11) is 4.15. The molecule has 21 heavy (non-hydrogen) atoms. The van der Waals surface area contributed by atoms with Crippen molar-refractivity contribution in [3.8, 4) is 0 Å². The second-order valence-electron chi connectivity index (χ2n) is 6.47. The van der Waals surface area contributed by atoms with E-state index in [1.54, 1.807) is 6.07 Å². The molecule has 0 bridgehead atoms. The third-order valence-corrected chi connectivity index (χ3v) is 4.73. The van der Waals surface area contributed by atoms with E-state index >= 15 is 0 Å². The largest absolute Gasteiger partial charge is 0.308 e. The number of benzene rings is 1. The topological polar surface area (TPSA) is 15.3 Å². The van der Waals surface area contributed by atoms with Crippen molar-refractivity contribution in [3.63, 3.8) is 0 Å². The average Bonchev–Trinajstić information content (AvgIpc) is 2.40. The molecule has 1 rings (SSSR count). The van der Waals surface area contributed by atoms with Gasteiger partial charge in [-0.15, -0.1) is 0 Å². The molecule has 120 valence electrons. The number of halogens is 1. The van der Waals surface area contributed by atoms with Gasteiger partial charge >= 0.3 is 0 Å². The van der Waals surface area contributed by atoms with Crippen molar-refractivity contribution in [1.82, 2.24) is 10.2 Å². The van der Waals surface area contributed by atoms with Crippen molar-refractivity contribution >= 4 is 0 Å². The van der Waals surface area contributed by atoms with Crippen LogP contribution < -0.4 is 5.32 Å². The molecule has 2 unspecified atom stereocenters. The third kappa shape index (κ3) is 3.83. The minimum atomic E-state index is -0.129. The Balaban J connectivity index is 3.38. The third-order valence-electron chi connectivity index (χ3n) is 4.73. The molecule has 0 fully saturated rings. The summed E-state index contributed by atoms with van der Waals surface area (Å²) < 4.78 is 14.7. The number of nitrogens with zero attached hydrogens (tertiary/aromatic N) is 1. The van der Waals surface area contributed by atoms with Crippen molar-refractivity contribution in [2.45, 2.75) is 59.0 Å². The molecule has 2 atom stereocenters. The van der Waals surface area contributed by atoms with Crippen LogP contribution >= 0.6 is 0 Å². The van der Waals surface area contributed by atoms with Crippen LogP contribution in [0, 0.1) is 19.7 Å². The van der Waals surface area contributed by atoms with E-state index in [0.717, 1.165) is 36.1 Å². The molecule has 0 aliphatic heterocycles. The standard InChI is InChI=1S/C18H31FN2/c1-8-10-20-17(18(5,9-2)21(6)7)16-14(4)11-13(3)12-15(16)19/h11-12,17,20H,8-10H2,1-7H3. The number of hydrogen-bond donors (Lipinski definition) is 1. The second kappa shape index (κ2) is 7.37. The van der Waals surface area contributed by atoms with Crippen molar-refractivity contribution in [2.24, 2.45) is 0 Å². The van der Waals surface area contributed by atoms with Crippen LogP contribution in [0.15, 0.2) is 12.1 Å². The van der Waals surface area contributed by atoms with Crippen LogP contribution in [0.4, 0.5) is 4.39 Å². The summed E-state index contributed by atoms with van der Waals surface area (Å²) in [6.07, 6.45) is 1.99. The number of rotatable bonds is 7. The highest BCUT2D eigenvalue weighted by atomic mass is 19.1. The molecule has 1 aromatic rings. The lowest BCUT2D eigenvalue weighted by atomic mass is 9.81. The van der Waals surface area contributed by atoms with Crippen LogP contribution in [-0.2, 0) is 0 Å². The van der Waals surface area contributed by atoms with Crippen molar-refractivity contribution < 1.29 is 4.39 Å². The van der Waals surface area contributed by atoms with E-state index in [0.29, 0.717) is 0 Å². The lowest BCUT2D eigenvalue weighted by molar-refractivity contribution is 0.110. The fourth-order valence-corrected chi connectivity index (χ4v) is 2.99. The molecular formula is C18H31FN2. The van der Waals surface area contributed by atoms with E-state index in [1.165, 1.54) is 0 Å². The van der Waals surface area contributed by atoms with Gasteiger partial charge < -0.3 is 10.2 Å². The fraction of sp³-hybridized carbons (Fsp3) is 0.667. The first-order valence-electron chi connectivity index (χ1n) is 7.95. The Hall–Kier alpha value is -0.930. The summed E-state index contributed by atoms with van der Waals surface area (Å²) in [5, 5.41) is 3.58.